The van der Waals surface area contributed by atoms with Gasteiger partial charge in [-0.1, -0.05) is 26.0 Å². The molecule has 1 saturated heterocycles. The first kappa shape index (κ1) is 22.4. The van der Waals surface area contributed by atoms with Gasteiger partial charge in [0.1, 0.15) is 17.6 Å². The van der Waals surface area contributed by atoms with Gasteiger partial charge in [0, 0.05) is 18.0 Å². The van der Waals surface area contributed by atoms with Crippen LogP contribution in [-0.2, 0) is 4.79 Å². The molecule has 0 radical (unpaired) electrons. The Labute approximate surface area is 195 Å². The number of carbonyl (C=O) groups excluding carboxylic acids is 1. The van der Waals surface area contributed by atoms with Gasteiger partial charge in [-0.2, -0.15) is 0 Å². The molecule has 4 fully saturated rings. The third kappa shape index (κ3) is 4.17. The summed E-state index contributed by atoms with van der Waals surface area (Å²) in [5.41, 5.74) is 2.11. The number of benzene rings is 1. The van der Waals surface area contributed by atoms with E-state index in [1.54, 1.807) is 6.07 Å². The van der Waals surface area contributed by atoms with Gasteiger partial charge in [-0.3, -0.25) is 4.79 Å². The van der Waals surface area contributed by atoms with Gasteiger partial charge < -0.3 is 14.7 Å². The Kier molecular flexibility index (Phi) is 5.53. The summed E-state index contributed by atoms with van der Waals surface area (Å²) in [7, 11) is 0. The number of hydrogen-bond donors (Lipinski definition) is 1. The fourth-order valence-corrected chi connectivity index (χ4v) is 6.41. The Morgan fingerprint density at radius 3 is 2.73 bits per heavy atom. The van der Waals surface area contributed by atoms with Crippen LogP contribution in [0.5, 0.6) is 5.75 Å². The number of piperidine rings is 1. The SMILES string of the molecule is C=C1CC(C)CC(CC)(COc2cc(F)c(C(=O)N3C[C@@H]4C[C@@H]4[C@H]3C(=O)O)cc2C2CC2)C1. The number of aliphatic carboxylic acids is 1. The first-order chi connectivity index (χ1) is 15.7. The highest BCUT2D eigenvalue weighted by atomic mass is 19.1. The van der Waals surface area contributed by atoms with E-state index >= 15 is 4.39 Å². The van der Waals surface area contributed by atoms with E-state index in [-0.39, 0.29) is 28.7 Å². The predicted molar refractivity (Wildman–Crippen MR) is 123 cm³/mol. The second kappa shape index (κ2) is 8.14. The van der Waals surface area contributed by atoms with Crippen molar-refractivity contribution in [2.75, 3.05) is 13.2 Å². The molecule has 2 unspecified atom stereocenters. The minimum absolute atomic E-state index is 0.00578. The smallest absolute Gasteiger partial charge is 0.326 e. The maximum atomic E-state index is 15.2. The summed E-state index contributed by atoms with van der Waals surface area (Å²) in [6, 6.07) is 2.15. The summed E-state index contributed by atoms with van der Waals surface area (Å²) < 4.78 is 21.5. The molecule has 1 aromatic carbocycles. The third-order valence-corrected chi connectivity index (χ3v) is 8.34. The summed E-state index contributed by atoms with van der Waals surface area (Å²) in [6.07, 6.45) is 6.85. The second-order valence-corrected chi connectivity index (χ2v) is 11.1. The molecule has 6 heteroatoms. The van der Waals surface area contributed by atoms with Gasteiger partial charge in [0.15, 0.2) is 0 Å². The van der Waals surface area contributed by atoms with Crippen LogP contribution >= 0.6 is 0 Å². The zero-order valence-electron chi connectivity index (χ0n) is 19.6. The number of allylic oxidation sites excluding steroid dienone is 1. The molecule has 33 heavy (non-hydrogen) atoms. The Morgan fingerprint density at radius 1 is 1.33 bits per heavy atom. The largest absolute Gasteiger partial charge is 0.493 e. The maximum absolute atomic E-state index is 15.2. The summed E-state index contributed by atoms with van der Waals surface area (Å²) in [5, 5.41) is 9.61. The number of likely N-dealkylation sites (tertiary alicyclic amines) is 1. The molecule has 1 amide bonds. The van der Waals surface area contributed by atoms with E-state index in [0.29, 0.717) is 24.8 Å². The molecule has 0 aromatic heterocycles. The summed E-state index contributed by atoms with van der Waals surface area (Å²) >= 11 is 0. The predicted octanol–water partition coefficient (Wildman–Crippen LogP) is 5.40. The number of ether oxygens (including phenoxy) is 1. The molecule has 1 aromatic rings. The van der Waals surface area contributed by atoms with Crippen LogP contribution in [0.2, 0.25) is 0 Å². The number of carbonyl (C=O) groups is 2. The van der Waals surface area contributed by atoms with Gasteiger partial charge in [0.2, 0.25) is 0 Å². The average molecular weight is 456 g/mol. The molecule has 3 aliphatic carbocycles. The average Bonchev–Trinajstić information content (AvgIpc) is 3.69. The van der Waals surface area contributed by atoms with Crippen molar-refractivity contribution >= 4 is 11.9 Å². The van der Waals surface area contributed by atoms with Crippen molar-refractivity contribution in [3.05, 3.63) is 41.2 Å². The van der Waals surface area contributed by atoms with Gasteiger partial charge in [-0.15, -0.1) is 0 Å². The minimum atomic E-state index is -0.996. The first-order valence-corrected chi connectivity index (χ1v) is 12.4. The van der Waals surface area contributed by atoms with Crippen LogP contribution in [0.25, 0.3) is 0 Å². The summed E-state index contributed by atoms with van der Waals surface area (Å²) in [6.45, 7) is 9.57. The van der Waals surface area contributed by atoms with Crippen molar-refractivity contribution in [3.63, 3.8) is 0 Å². The van der Waals surface area contributed by atoms with E-state index in [2.05, 4.69) is 20.4 Å². The zero-order valence-corrected chi connectivity index (χ0v) is 19.6. The lowest BCUT2D eigenvalue weighted by atomic mass is 9.67. The Balaban J connectivity index is 1.39. The minimum Gasteiger partial charge on any atom is -0.493 e. The fraction of sp³-hybridized carbons (Fsp3) is 0.630. The highest BCUT2D eigenvalue weighted by molar-refractivity contribution is 5.98. The Hall–Kier alpha value is -2.37. The summed E-state index contributed by atoms with van der Waals surface area (Å²) in [5.74, 6) is -0.527. The zero-order chi connectivity index (χ0) is 23.5. The fourth-order valence-electron chi connectivity index (χ4n) is 6.41. The van der Waals surface area contributed by atoms with E-state index in [9.17, 15) is 14.7 Å². The standard InChI is InChI=1S/C27H34FNO4/c1-4-27(11-15(2)7-16(3)12-27)14-33-23-10-22(28)21(9-19(23)17-5-6-17)25(30)29-13-18-8-20(18)24(29)26(31)32/h9-10,16-18,20,24H,2,4-8,11-14H2,1,3H3,(H,31,32)/t16?,18-,20-,24-,27?/m0/s1. The lowest BCUT2D eigenvalue weighted by Crippen LogP contribution is -2.43. The number of carboxylic acids is 1. The van der Waals surface area contributed by atoms with Gasteiger partial charge in [0.05, 0.1) is 12.2 Å². The van der Waals surface area contributed by atoms with E-state index in [0.717, 1.165) is 50.5 Å². The Bertz CT molecular complexity index is 1000. The van der Waals surface area contributed by atoms with E-state index < -0.39 is 23.7 Å². The van der Waals surface area contributed by atoms with Crippen LogP contribution in [0.3, 0.4) is 0 Å². The molecule has 0 bridgehead atoms. The molecule has 1 heterocycles. The van der Waals surface area contributed by atoms with Gasteiger partial charge in [0.25, 0.3) is 5.91 Å². The highest BCUT2D eigenvalue weighted by Crippen LogP contribution is 2.51. The molecule has 0 spiro atoms. The van der Waals surface area contributed by atoms with E-state index in [4.69, 9.17) is 4.74 Å². The molecular formula is C27H34FNO4. The molecule has 4 aliphatic rings. The van der Waals surface area contributed by atoms with Crippen LogP contribution < -0.4 is 4.74 Å². The topological polar surface area (TPSA) is 66.8 Å². The number of hydrogen-bond acceptors (Lipinski definition) is 3. The number of fused-ring (bicyclic) bond motifs is 1. The maximum Gasteiger partial charge on any atom is 0.326 e. The van der Waals surface area contributed by atoms with Crippen molar-refractivity contribution in [2.45, 2.75) is 70.8 Å². The number of nitrogens with zero attached hydrogens (tertiary/aromatic N) is 1. The van der Waals surface area contributed by atoms with Crippen molar-refractivity contribution in [1.29, 1.82) is 0 Å². The van der Waals surface area contributed by atoms with Gasteiger partial charge in [-0.25, -0.2) is 9.18 Å². The Morgan fingerprint density at radius 2 is 2.09 bits per heavy atom. The molecule has 5 rings (SSSR count). The van der Waals surface area contributed by atoms with Gasteiger partial charge in [-0.05, 0) is 80.2 Å². The second-order valence-electron chi connectivity index (χ2n) is 11.1. The van der Waals surface area contributed by atoms with Crippen molar-refractivity contribution < 1.29 is 23.8 Å². The number of rotatable bonds is 7. The monoisotopic (exact) mass is 455 g/mol. The van der Waals surface area contributed by atoms with E-state index in [1.165, 1.54) is 16.5 Å². The molecule has 5 atom stereocenters. The quantitative estimate of drug-likeness (QED) is 0.559. The van der Waals surface area contributed by atoms with Crippen LogP contribution in [0, 0.1) is 29.0 Å². The van der Waals surface area contributed by atoms with Crippen LogP contribution in [-0.4, -0.2) is 41.1 Å². The first-order valence-electron chi connectivity index (χ1n) is 12.4. The normalized spacial score (nSPS) is 33.1. The number of halogens is 1. The molecular weight excluding hydrogens is 421 g/mol. The van der Waals surface area contributed by atoms with Crippen LogP contribution in [0.4, 0.5) is 4.39 Å². The lowest BCUT2D eigenvalue weighted by Gasteiger charge is -2.40. The molecule has 178 valence electrons. The summed E-state index contributed by atoms with van der Waals surface area (Å²) in [4.78, 5) is 26.3. The lowest BCUT2D eigenvalue weighted by molar-refractivity contribution is -0.142. The number of carboxylic acid groups (broad SMARTS) is 1. The van der Waals surface area contributed by atoms with E-state index in [1.807, 2.05) is 0 Å². The van der Waals surface area contributed by atoms with Gasteiger partial charge >= 0.3 is 5.97 Å². The molecule has 5 nitrogen and oxygen atoms in total. The molecule has 1 N–H and O–H groups in total. The van der Waals surface area contributed by atoms with Crippen molar-refractivity contribution in [2.24, 2.45) is 23.2 Å². The molecule has 1 aliphatic heterocycles. The third-order valence-electron chi connectivity index (χ3n) is 8.34. The van der Waals surface area contributed by atoms with Crippen LogP contribution in [0.1, 0.15) is 80.6 Å². The highest BCUT2D eigenvalue weighted by Gasteiger charge is 2.57. The van der Waals surface area contributed by atoms with Crippen molar-refractivity contribution in [3.8, 4) is 5.75 Å². The number of amides is 1. The van der Waals surface area contributed by atoms with Crippen LogP contribution in [0.15, 0.2) is 24.3 Å². The van der Waals surface area contributed by atoms with Crippen molar-refractivity contribution in [1.82, 2.24) is 4.90 Å². The molecule has 3 saturated carbocycles.